The van der Waals surface area contributed by atoms with E-state index in [-0.39, 0.29) is 0 Å². The number of oxazole rings is 2. The summed E-state index contributed by atoms with van der Waals surface area (Å²) >= 11 is 1.75. The maximum absolute atomic E-state index is 6.24. The van der Waals surface area contributed by atoms with E-state index in [0.29, 0.717) is 40.4 Å². The van der Waals surface area contributed by atoms with Gasteiger partial charge in [-0.3, -0.25) is 0 Å². The molecule has 0 atom stereocenters. The molecule has 0 spiro atoms. The zero-order valence-electron chi connectivity index (χ0n) is 25.7. The molecular weight excluding hydrogens is 627 g/mol. The van der Waals surface area contributed by atoms with Gasteiger partial charge in [0, 0.05) is 48.0 Å². The summed E-state index contributed by atoms with van der Waals surface area (Å²) < 4.78 is 14.8. The van der Waals surface area contributed by atoms with Gasteiger partial charge in [-0.2, -0.15) is 0 Å². The Hall–Kier alpha value is -6.51. The van der Waals surface area contributed by atoms with Gasteiger partial charge < -0.3 is 8.83 Å². The van der Waals surface area contributed by atoms with Gasteiger partial charge in [0.15, 0.2) is 28.6 Å². The van der Waals surface area contributed by atoms with Crippen LogP contribution < -0.4 is 0 Å². The highest BCUT2D eigenvalue weighted by atomic mass is 32.1. The minimum absolute atomic E-state index is 0.480. The quantitative estimate of drug-likeness (QED) is 0.183. The molecule has 0 radical (unpaired) electrons. The first-order valence-corrected chi connectivity index (χ1v) is 16.6. The van der Waals surface area contributed by atoms with Crippen LogP contribution in [0.4, 0.5) is 0 Å². The smallest absolute Gasteiger partial charge is 0.227 e. The Labute approximate surface area is 283 Å². The lowest BCUT2D eigenvalue weighted by molar-refractivity contribution is 0.617. The van der Waals surface area contributed by atoms with Crippen molar-refractivity contribution in [2.24, 2.45) is 0 Å². The first-order valence-electron chi connectivity index (χ1n) is 15.8. The summed E-state index contributed by atoms with van der Waals surface area (Å²) in [7, 11) is 0. The van der Waals surface area contributed by atoms with Gasteiger partial charge >= 0.3 is 0 Å². The standard InChI is InChI=1S/C41H23N5O2S/c1-2-11-24(12-3-1)37-44-38(46-39(45-37)30-15-10-14-29-28-13-4-9-20-35(28)49-36(29)30)25-21-26(40-42-31-16-5-7-18-33(31)47-40)23-27(22-25)41-43-32-17-6-8-19-34(32)48-41/h1-23H. The van der Waals surface area contributed by atoms with Crippen LogP contribution in [0.25, 0.3) is 99.4 Å². The van der Waals surface area contributed by atoms with Crippen LogP contribution in [0.2, 0.25) is 0 Å². The van der Waals surface area contributed by atoms with Gasteiger partial charge in [0.2, 0.25) is 11.8 Å². The predicted molar refractivity (Wildman–Crippen MR) is 195 cm³/mol. The summed E-state index contributed by atoms with van der Waals surface area (Å²) in [6.07, 6.45) is 0. The third kappa shape index (κ3) is 4.77. The second kappa shape index (κ2) is 11.0. The van der Waals surface area contributed by atoms with Gasteiger partial charge in [-0.25, -0.2) is 24.9 Å². The summed E-state index contributed by atoms with van der Waals surface area (Å²) in [5.74, 6) is 2.64. The second-order valence-electron chi connectivity index (χ2n) is 11.7. The topological polar surface area (TPSA) is 90.7 Å². The number of thiophene rings is 1. The Bertz CT molecular complexity index is 2700. The van der Waals surface area contributed by atoms with E-state index < -0.39 is 0 Å². The van der Waals surface area contributed by atoms with E-state index in [1.807, 2.05) is 97.1 Å². The molecule has 0 saturated heterocycles. The number of para-hydroxylation sites is 4. The van der Waals surface area contributed by atoms with Gasteiger partial charge in [-0.15, -0.1) is 11.3 Å². The molecule has 0 N–H and O–H groups in total. The third-order valence-electron chi connectivity index (χ3n) is 8.59. The van der Waals surface area contributed by atoms with Crippen molar-refractivity contribution in [1.29, 1.82) is 0 Å². The minimum Gasteiger partial charge on any atom is -0.436 e. The van der Waals surface area contributed by atoms with Crippen LogP contribution in [0.5, 0.6) is 0 Å². The summed E-state index contributed by atoms with van der Waals surface area (Å²) in [5.41, 5.74) is 7.06. The zero-order valence-corrected chi connectivity index (χ0v) is 26.6. The van der Waals surface area contributed by atoms with E-state index in [4.69, 9.17) is 33.8 Å². The van der Waals surface area contributed by atoms with Crippen LogP contribution in [0, 0.1) is 0 Å². The van der Waals surface area contributed by atoms with Gasteiger partial charge in [-0.1, -0.05) is 84.9 Å². The molecule has 8 heteroatoms. The largest absolute Gasteiger partial charge is 0.436 e. The molecule has 4 aromatic heterocycles. The molecule has 0 bridgehead atoms. The molecule has 0 aliphatic heterocycles. The Balaban J connectivity index is 1.22. The summed E-state index contributed by atoms with van der Waals surface area (Å²) in [6, 6.07) is 46.3. The first kappa shape index (κ1) is 27.6. The number of rotatable bonds is 5. The highest BCUT2D eigenvalue weighted by Crippen LogP contribution is 2.40. The van der Waals surface area contributed by atoms with Crippen LogP contribution in [-0.2, 0) is 0 Å². The molecule has 0 amide bonds. The summed E-state index contributed by atoms with van der Waals surface area (Å²) in [4.78, 5) is 24.9. The molecule has 6 aromatic carbocycles. The zero-order chi connectivity index (χ0) is 32.3. The molecule has 4 heterocycles. The summed E-state index contributed by atoms with van der Waals surface area (Å²) in [5, 5.41) is 2.40. The lowest BCUT2D eigenvalue weighted by Crippen LogP contribution is -2.00. The van der Waals surface area contributed by atoms with Gasteiger partial charge in [0.05, 0.1) is 0 Å². The van der Waals surface area contributed by atoms with E-state index in [1.165, 1.54) is 15.5 Å². The van der Waals surface area contributed by atoms with Crippen molar-refractivity contribution in [3.05, 3.63) is 140 Å². The van der Waals surface area contributed by atoms with Crippen LogP contribution in [0.3, 0.4) is 0 Å². The Kier molecular flexibility index (Phi) is 6.22. The lowest BCUT2D eigenvalue weighted by Gasteiger charge is -2.10. The van der Waals surface area contributed by atoms with Crippen molar-refractivity contribution >= 4 is 53.7 Å². The number of aromatic nitrogens is 5. The SMILES string of the molecule is c1ccc(-c2nc(-c3cc(-c4nc5ccccc5o4)cc(-c4nc5ccccc5o4)c3)nc(-c3cccc4c3sc3ccccc34)n2)cc1. The highest BCUT2D eigenvalue weighted by molar-refractivity contribution is 7.26. The molecule has 230 valence electrons. The van der Waals surface area contributed by atoms with Gasteiger partial charge in [-0.05, 0) is 54.6 Å². The first-order chi connectivity index (χ1) is 24.2. The molecule has 10 aromatic rings. The van der Waals surface area contributed by atoms with Crippen molar-refractivity contribution < 1.29 is 8.83 Å². The second-order valence-corrected chi connectivity index (χ2v) is 12.8. The fraction of sp³-hybridized carbons (Fsp3) is 0. The molecule has 10 rings (SSSR count). The third-order valence-corrected chi connectivity index (χ3v) is 9.81. The number of hydrogen-bond acceptors (Lipinski definition) is 8. The maximum atomic E-state index is 6.24. The molecule has 0 fully saturated rings. The minimum atomic E-state index is 0.480. The van der Waals surface area contributed by atoms with Crippen LogP contribution in [0.15, 0.2) is 148 Å². The number of hydrogen-bond donors (Lipinski definition) is 0. The maximum Gasteiger partial charge on any atom is 0.227 e. The van der Waals surface area contributed by atoms with E-state index in [0.717, 1.165) is 43.6 Å². The molecule has 0 unspecified atom stereocenters. The van der Waals surface area contributed by atoms with Crippen molar-refractivity contribution in [2.45, 2.75) is 0 Å². The Morgan fingerprint density at radius 2 is 0.959 bits per heavy atom. The highest BCUT2D eigenvalue weighted by Gasteiger charge is 2.20. The number of benzene rings is 6. The fourth-order valence-corrected chi connectivity index (χ4v) is 7.47. The van der Waals surface area contributed by atoms with E-state index >= 15 is 0 Å². The summed E-state index contributed by atoms with van der Waals surface area (Å²) in [6.45, 7) is 0. The van der Waals surface area contributed by atoms with E-state index in [2.05, 4.69) is 42.5 Å². The number of fused-ring (bicyclic) bond motifs is 5. The molecule has 0 aliphatic rings. The van der Waals surface area contributed by atoms with Crippen molar-refractivity contribution in [3.63, 3.8) is 0 Å². The number of nitrogens with zero attached hydrogens (tertiary/aromatic N) is 5. The van der Waals surface area contributed by atoms with E-state index in [1.54, 1.807) is 11.3 Å². The Morgan fingerprint density at radius 1 is 0.408 bits per heavy atom. The van der Waals surface area contributed by atoms with Crippen molar-refractivity contribution in [2.75, 3.05) is 0 Å². The van der Waals surface area contributed by atoms with Gasteiger partial charge in [0.25, 0.3) is 0 Å². The normalized spacial score (nSPS) is 11.7. The molecule has 0 saturated carbocycles. The fourth-order valence-electron chi connectivity index (χ4n) is 6.26. The van der Waals surface area contributed by atoms with Gasteiger partial charge in [0.1, 0.15) is 11.0 Å². The molecule has 0 aliphatic carbocycles. The monoisotopic (exact) mass is 649 g/mol. The average Bonchev–Trinajstić information content (AvgIpc) is 3.90. The lowest BCUT2D eigenvalue weighted by atomic mass is 10.0. The molecule has 49 heavy (non-hydrogen) atoms. The Morgan fingerprint density at radius 3 is 1.65 bits per heavy atom. The molecular formula is C41H23N5O2S. The van der Waals surface area contributed by atoms with Crippen LogP contribution in [0.1, 0.15) is 0 Å². The predicted octanol–water partition coefficient (Wildman–Crippen LogP) is 10.9. The van der Waals surface area contributed by atoms with Crippen molar-refractivity contribution in [3.8, 4) is 57.1 Å². The average molecular weight is 650 g/mol. The van der Waals surface area contributed by atoms with Crippen molar-refractivity contribution in [1.82, 2.24) is 24.9 Å². The van der Waals surface area contributed by atoms with Crippen LogP contribution in [-0.4, -0.2) is 24.9 Å². The van der Waals surface area contributed by atoms with Crippen LogP contribution >= 0.6 is 11.3 Å². The molecule has 7 nitrogen and oxygen atoms in total. The van der Waals surface area contributed by atoms with E-state index in [9.17, 15) is 0 Å².